The molecule has 0 aliphatic rings. The fraction of sp³-hybridized carbons (Fsp3) is 0.200. The molecule has 10 heteroatoms. The van der Waals surface area contributed by atoms with E-state index in [9.17, 15) is 20.2 Å². The highest BCUT2D eigenvalue weighted by Gasteiger charge is 2.29. The van der Waals surface area contributed by atoms with Crippen molar-refractivity contribution >= 4 is 11.4 Å². The lowest BCUT2D eigenvalue weighted by molar-refractivity contribution is -0.385. The van der Waals surface area contributed by atoms with Crippen LogP contribution in [0.1, 0.15) is 17.1 Å². The summed E-state index contributed by atoms with van der Waals surface area (Å²) in [6.45, 7) is 5.11. The molecule has 1 aromatic carbocycles. The molecule has 25 heavy (non-hydrogen) atoms. The summed E-state index contributed by atoms with van der Waals surface area (Å²) in [5.74, 6) is 0.182. The molecule has 0 unspecified atom stereocenters. The van der Waals surface area contributed by atoms with Crippen molar-refractivity contribution < 1.29 is 9.85 Å². The van der Waals surface area contributed by atoms with Crippen molar-refractivity contribution in [2.45, 2.75) is 20.8 Å². The third kappa shape index (κ3) is 2.73. The van der Waals surface area contributed by atoms with Crippen LogP contribution in [0.4, 0.5) is 11.4 Å². The molecule has 0 amide bonds. The maximum absolute atomic E-state index is 11.5. The molecule has 0 saturated carbocycles. The van der Waals surface area contributed by atoms with Crippen molar-refractivity contribution in [3.8, 4) is 11.5 Å². The number of aryl methyl sites for hydroxylation is 3. The smallest absolute Gasteiger partial charge is 0.258 e. The first-order valence-corrected chi connectivity index (χ1v) is 7.32. The highest BCUT2D eigenvalue weighted by molar-refractivity contribution is 5.56. The molecule has 2 aromatic heterocycles. The van der Waals surface area contributed by atoms with Crippen molar-refractivity contribution in [1.29, 1.82) is 0 Å². The van der Waals surface area contributed by atoms with E-state index in [4.69, 9.17) is 0 Å². The first-order valence-electron chi connectivity index (χ1n) is 7.32. The minimum absolute atomic E-state index is 0.0743. The van der Waals surface area contributed by atoms with E-state index in [0.29, 0.717) is 17.1 Å². The Bertz CT molecular complexity index is 986. The first kappa shape index (κ1) is 16.3. The van der Waals surface area contributed by atoms with Crippen LogP contribution < -0.4 is 0 Å². The van der Waals surface area contributed by atoms with Crippen molar-refractivity contribution in [1.82, 2.24) is 19.6 Å². The number of non-ortho nitro benzene ring substituents is 1. The minimum atomic E-state index is -0.511. The number of nitro benzene ring substituents is 1. The van der Waals surface area contributed by atoms with Gasteiger partial charge < -0.3 is 0 Å². The second kappa shape index (κ2) is 5.82. The van der Waals surface area contributed by atoms with Crippen LogP contribution >= 0.6 is 0 Å². The molecule has 128 valence electrons. The van der Waals surface area contributed by atoms with Gasteiger partial charge in [0.25, 0.3) is 5.69 Å². The van der Waals surface area contributed by atoms with E-state index in [1.54, 1.807) is 19.9 Å². The summed E-state index contributed by atoms with van der Waals surface area (Å²) in [6, 6.07) is 7.42. The third-order valence-corrected chi connectivity index (χ3v) is 3.70. The summed E-state index contributed by atoms with van der Waals surface area (Å²) in [6.07, 6.45) is 0. The molecule has 0 aliphatic carbocycles. The zero-order valence-corrected chi connectivity index (χ0v) is 13.7. The Labute approximate surface area is 141 Å². The number of aromatic nitrogens is 4. The molecule has 0 fully saturated rings. The van der Waals surface area contributed by atoms with Crippen LogP contribution in [0.25, 0.3) is 11.5 Å². The zero-order chi connectivity index (χ0) is 18.3. The predicted molar refractivity (Wildman–Crippen MR) is 88.2 cm³/mol. The quantitative estimate of drug-likeness (QED) is 0.530. The van der Waals surface area contributed by atoms with Gasteiger partial charge in [-0.2, -0.15) is 10.2 Å². The molecule has 3 aromatic rings. The Morgan fingerprint density at radius 1 is 0.920 bits per heavy atom. The van der Waals surface area contributed by atoms with Crippen LogP contribution in [-0.4, -0.2) is 29.4 Å². The van der Waals surface area contributed by atoms with Crippen molar-refractivity contribution in [2.24, 2.45) is 0 Å². The van der Waals surface area contributed by atoms with Gasteiger partial charge in [-0.15, -0.1) is 0 Å². The van der Waals surface area contributed by atoms with Gasteiger partial charge in [0, 0.05) is 17.8 Å². The van der Waals surface area contributed by atoms with Gasteiger partial charge in [-0.1, -0.05) is 0 Å². The van der Waals surface area contributed by atoms with Crippen LogP contribution in [-0.2, 0) is 0 Å². The second-order valence-corrected chi connectivity index (χ2v) is 5.54. The maximum atomic E-state index is 11.5. The van der Waals surface area contributed by atoms with Crippen molar-refractivity contribution in [3.63, 3.8) is 0 Å². The summed E-state index contributed by atoms with van der Waals surface area (Å²) in [7, 11) is 0. The monoisotopic (exact) mass is 342 g/mol. The van der Waals surface area contributed by atoms with Crippen LogP contribution in [0.2, 0.25) is 0 Å². The summed E-state index contributed by atoms with van der Waals surface area (Å²) >= 11 is 0. The fourth-order valence-electron chi connectivity index (χ4n) is 2.65. The standard InChI is InChI=1S/C15H14N6O4/c1-9-8-10(2)18(16-9)15-14(21(24)25)11(3)17-19(15)12-4-6-13(7-5-12)20(22)23/h4-8H,1-3H3. The molecule has 0 spiro atoms. The van der Waals surface area contributed by atoms with Gasteiger partial charge in [0.1, 0.15) is 5.69 Å². The van der Waals surface area contributed by atoms with E-state index in [-0.39, 0.29) is 22.9 Å². The maximum Gasteiger partial charge on any atom is 0.336 e. The van der Waals surface area contributed by atoms with E-state index >= 15 is 0 Å². The van der Waals surface area contributed by atoms with Crippen molar-refractivity contribution in [3.05, 3.63) is 67.6 Å². The zero-order valence-electron chi connectivity index (χ0n) is 13.7. The third-order valence-electron chi connectivity index (χ3n) is 3.70. The van der Waals surface area contributed by atoms with Gasteiger partial charge in [-0.25, -0.2) is 9.36 Å². The van der Waals surface area contributed by atoms with E-state index in [2.05, 4.69) is 10.2 Å². The number of hydrogen-bond donors (Lipinski definition) is 0. The van der Waals surface area contributed by atoms with Crippen LogP contribution in [0.3, 0.4) is 0 Å². The molecule has 0 bridgehead atoms. The summed E-state index contributed by atoms with van der Waals surface area (Å²) in [4.78, 5) is 21.3. The van der Waals surface area contributed by atoms with E-state index in [1.165, 1.54) is 40.6 Å². The number of benzene rings is 1. The molecule has 0 atom stereocenters. The Hall–Kier alpha value is -3.56. The normalized spacial score (nSPS) is 10.8. The number of nitro groups is 2. The first-order chi connectivity index (χ1) is 11.8. The molecule has 2 heterocycles. The largest absolute Gasteiger partial charge is 0.336 e. The van der Waals surface area contributed by atoms with Gasteiger partial charge >= 0.3 is 5.69 Å². The predicted octanol–water partition coefficient (Wildman–Crippen LogP) is 2.80. The van der Waals surface area contributed by atoms with Gasteiger partial charge in [0.2, 0.25) is 5.82 Å². The molecule has 3 rings (SSSR count). The molecule has 0 N–H and O–H groups in total. The summed E-state index contributed by atoms with van der Waals surface area (Å²) in [5, 5.41) is 30.9. The highest BCUT2D eigenvalue weighted by Crippen LogP contribution is 2.30. The number of hydrogen-bond acceptors (Lipinski definition) is 6. The number of rotatable bonds is 4. The SMILES string of the molecule is Cc1cc(C)n(-c2c([N+](=O)[O-])c(C)nn2-c2ccc([N+](=O)[O-])cc2)n1. The van der Waals surface area contributed by atoms with Gasteiger partial charge in [0.15, 0.2) is 0 Å². The fourth-order valence-corrected chi connectivity index (χ4v) is 2.65. The van der Waals surface area contributed by atoms with Crippen molar-refractivity contribution in [2.75, 3.05) is 0 Å². The van der Waals surface area contributed by atoms with Crippen LogP contribution in [0.5, 0.6) is 0 Å². The molecule has 0 aliphatic heterocycles. The lowest BCUT2D eigenvalue weighted by Crippen LogP contribution is -2.10. The average Bonchev–Trinajstić information content (AvgIpc) is 3.06. The Morgan fingerprint density at radius 2 is 1.56 bits per heavy atom. The summed E-state index contributed by atoms with van der Waals surface area (Å²) in [5.41, 5.74) is 1.87. The van der Waals surface area contributed by atoms with E-state index < -0.39 is 9.85 Å². The summed E-state index contributed by atoms with van der Waals surface area (Å²) < 4.78 is 2.82. The topological polar surface area (TPSA) is 122 Å². The van der Waals surface area contributed by atoms with Gasteiger partial charge in [-0.05, 0) is 39.0 Å². The second-order valence-electron chi connectivity index (χ2n) is 5.54. The number of nitrogens with zero attached hydrogens (tertiary/aromatic N) is 6. The molecular formula is C15H14N6O4. The molecule has 10 nitrogen and oxygen atoms in total. The minimum Gasteiger partial charge on any atom is -0.258 e. The lowest BCUT2D eigenvalue weighted by Gasteiger charge is -2.08. The van der Waals surface area contributed by atoms with E-state index in [0.717, 1.165) is 0 Å². The molecule has 0 radical (unpaired) electrons. The lowest BCUT2D eigenvalue weighted by atomic mass is 10.3. The van der Waals surface area contributed by atoms with E-state index in [1.807, 2.05) is 0 Å². The Kier molecular flexibility index (Phi) is 3.79. The van der Waals surface area contributed by atoms with Gasteiger partial charge in [-0.3, -0.25) is 20.2 Å². The highest BCUT2D eigenvalue weighted by atomic mass is 16.6. The molecular weight excluding hydrogens is 328 g/mol. The van der Waals surface area contributed by atoms with Gasteiger partial charge in [0.05, 0.1) is 21.2 Å². The van der Waals surface area contributed by atoms with Crippen LogP contribution in [0, 0.1) is 41.0 Å². The molecule has 0 saturated heterocycles. The van der Waals surface area contributed by atoms with Crippen LogP contribution in [0.15, 0.2) is 30.3 Å². The Balaban J connectivity index is 2.27. The average molecular weight is 342 g/mol. The Morgan fingerprint density at radius 3 is 2.04 bits per heavy atom.